The number of nitrogens with one attached hydrogen (secondary N) is 1. The summed E-state index contributed by atoms with van der Waals surface area (Å²) < 4.78 is 31.3. The van der Waals surface area contributed by atoms with E-state index in [0.717, 1.165) is 35.9 Å². The van der Waals surface area contributed by atoms with Crippen molar-refractivity contribution in [1.29, 1.82) is 0 Å². The second-order valence-electron chi connectivity index (χ2n) is 6.94. The Morgan fingerprint density at radius 1 is 1.15 bits per heavy atom. The summed E-state index contributed by atoms with van der Waals surface area (Å²) in [7, 11) is 0. The molecule has 0 aliphatic heterocycles. The molecule has 140 valence electrons. The van der Waals surface area contributed by atoms with Crippen molar-refractivity contribution in [2.24, 2.45) is 0 Å². The number of hydrogen-bond acceptors (Lipinski definition) is 3. The van der Waals surface area contributed by atoms with Crippen molar-refractivity contribution in [3.8, 4) is 17.1 Å². The van der Waals surface area contributed by atoms with Gasteiger partial charge in [0.05, 0.1) is 11.0 Å². The number of hydrogen-bond donors (Lipinski definition) is 2. The molecule has 0 atom stereocenters. The number of alkyl halides is 2. The zero-order valence-electron chi connectivity index (χ0n) is 14.9. The van der Waals surface area contributed by atoms with E-state index in [9.17, 15) is 13.6 Å². The van der Waals surface area contributed by atoms with Gasteiger partial charge in [0, 0.05) is 5.56 Å². The minimum absolute atomic E-state index is 0.138. The average molecular weight is 372 g/mol. The van der Waals surface area contributed by atoms with Gasteiger partial charge in [-0.25, -0.2) is 9.78 Å². The van der Waals surface area contributed by atoms with Gasteiger partial charge in [-0.1, -0.05) is 0 Å². The number of rotatable bonds is 4. The molecule has 2 aromatic carbocycles. The molecule has 0 fully saturated rings. The quantitative estimate of drug-likeness (QED) is 0.712. The maximum atomic E-state index is 13.4. The average Bonchev–Trinajstić information content (AvgIpc) is 3.21. The van der Waals surface area contributed by atoms with Gasteiger partial charge in [-0.2, -0.15) is 8.78 Å². The number of aromatic amines is 1. The number of nitrogens with zero attached hydrogens (tertiary/aromatic N) is 1. The van der Waals surface area contributed by atoms with Crippen LogP contribution < -0.4 is 4.74 Å². The lowest BCUT2D eigenvalue weighted by molar-refractivity contribution is -0.211. The predicted octanol–water partition coefficient (Wildman–Crippen LogP) is 4.39. The summed E-state index contributed by atoms with van der Waals surface area (Å²) in [6.07, 6.45) is -0.982. The number of halogens is 2. The van der Waals surface area contributed by atoms with Gasteiger partial charge in [-0.3, -0.25) is 0 Å². The van der Waals surface area contributed by atoms with Crippen LogP contribution in [0.1, 0.15) is 28.7 Å². The summed E-state index contributed by atoms with van der Waals surface area (Å²) in [5, 5.41) is 8.58. The van der Waals surface area contributed by atoms with Gasteiger partial charge >= 0.3 is 12.1 Å². The zero-order chi connectivity index (χ0) is 19.3. The number of aryl methyl sites for hydroxylation is 4. The van der Waals surface area contributed by atoms with E-state index in [-0.39, 0.29) is 5.75 Å². The molecule has 0 bridgehead atoms. The molecule has 1 heterocycles. The first-order valence-electron chi connectivity index (χ1n) is 8.68. The molecule has 1 aliphatic rings. The van der Waals surface area contributed by atoms with E-state index in [4.69, 9.17) is 5.11 Å². The zero-order valence-corrected chi connectivity index (χ0v) is 14.9. The molecule has 4 rings (SSSR count). The van der Waals surface area contributed by atoms with Crippen molar-refractivity contribution in [2.75, 3.05) is 0 Å². The summed E-state index contributed by atoms with van der Waals surface area (Å²) in [5.41, 5.74) is 6.03. The molecule has 0 amide bonds. The topological polar surface area (TPSA) is 75.2 Å². The molecule has 0 saturated carbocycles. The number of carboxylic acids is 1. The van der Waals surface area contributed by atoms with Gasteiger partial charge in [-0.15, -0.1) is 0 Å². The van der Waals surface area contributed by atoms with Crippen molar-refractivity contribution in [1.82, 2.24) is 9.97 Å². The standard InChI is InChI=1S/C20H18F2N2O3/c1-10-6-14(7-11(2)17(10)27-20(21,22)19(25)26)18-23-15-8-12-4-3-5-13(12)9-16(15)24-18/h6-9H,3-5H2,1-2H3,(H,23,24)(H,25,26). The summed E-state index contributed by atoms with van der Waals surface area (Å²) in [5.74, 6) is -1.83. The molecule has 3 aromatic rings. The molecule has 27 heavy (non-hydrogen) atoms. The minimum atomic E-state index is -4.28. The second kappa shape index (κ2) is 6.04. The smallest absolute Gasteiger partial charge is 0.474 e. The van der Waals surface area contributed by atoms with E-state index in [1.165, 1.54) is 11.1 Å². The first-order chi connectivity index (χ1) is 12.7. The van der Waals surface area contributed by atoms with Crippen molar-refractivity contribution in [3.05, 3.63) is 46.5 Å². The minimum Gasteiger partial charge on any atom is -0.474 e. The van der Waals surface area contributed by atoms with Crippen molar-refractivity contribution < 1.29 is 23.4 Å². The van der Waals surface area contributed by atoms with E-state index in [1.54, 1.807) is 26.0 Å². The largest absolute Gasteiger partial charge is 0.501 e. The fourth-order valence-corrected chi connectivity index (χ4v) is 3.64. The summed E-state index contributed by atoms with van der Waals surface area (Å²) in [4.78, 5) is 18.6. The first-order valence-corrected chi connectivity index (χ1v) is 8.68. The highest BCUT2D eigenvalue weighted by atomic mass is 19.3. The summed E-state index contributed by atoms with van der Waals surface area (Å²) in [6, 6.07) is 7.54. The van der Waals surface area contributed by atoms with Crippen LogP contribution in [0.4, 0.5) is 8.78 Å². The number of carbonyl (C=O) groups is 1. The van der Waals surface area contributed by atoms with Gasteiger partial charge < -0.3 is 14.8 Å². The SMILES string of the molecule is Cc1cc(-c2nc3cc4c(cc3[nH]2)CCC4)cc(C)c1OC(F)(F)C(=O)O. The number of fused-ring (bicyclic) bond motifs is 2. The summed E-state index contributed by atoms with van der Waals surface area (Å²) in [6.45, 7) is 3.20. The van der Waals surface area contributed by atoms with E-state index >= 15 is 0 Å². The molecule has 0 unspecified atom stereocenters. The Hall–Kier alpha value is -2.96. The van der Waals surface area contributed by atoms with Gasteiger partial charge in [0.15, 0.2) is 0 Å². The highest BCUT2D eigenvalue weighted by molar-refractivity contribution is 5.82. The molecular formula is C20H18F2N2O3. The van der Waals surface area contributed by atoms with Crippen LogP contribution in [0.25, 0.3) is 22.4 Å². The third-order valence-electron chi connectivity index (χ3n) is 4.91. The Labute approximate surface area is 154 Å². The Morgan fingerprint density at radius 3 is 2.41 bits per heavy atom. The fourth-order valence-electron chi connectivity index (χ4n) is 3.64. The molecule has 1 aliphatic carbocycles. The predicted molar refractivity (Wildman–Crippen MR) is 96.2 cm³/mol. The number of H-pyrrole nitrogens is 1. The Kier molecular flexibility index (Phi) is 3.91. The molecule has 0 saturated heterocycles. The van der Waals surface area contributed by atoms with Crippen LogP contribution in [-0.4, -0.2) is 27.2 Å². The maximum absolute atomic E-state index is 13.4. The number of benzene rings is 2. The van der Waals surface area contributed by atoms with Gasteiger partial charge in [-0.05, 0) is 79.6 Å². The molecular weight excluding hydrogens is 354 g/mol. The third-order valence-corrected chi connectivity index (χ3v) is 4.91. The molecule has 0 radical (unpaired) electrons. The fraction of sp³-hybridized carbons (Fsp3) is 0.300. The van der Waals surface area contributed by atoms with Crippen LogP contribution in [0.3, 0.4) is 0 Å². The number of ether oxygens (including phenoxy) is 1. The molecule has 2 N–H and O–H groups in total. The van der Waals surface area contributed by atoms with E-state index in [0.29, 0.717) is 17.0 Å². The lowest BCUT2D eigenvalue weighted by atomic mass is 10.1. The molecule has 0 spiro atoms. The van der Waals surface area contributed by atoms with Crippen LogP contribution in [0, 0.1) is 13.8 Å². The Balaban J connectivity index is 1.73. The second-order valence-corrected chi connectivity index (χ2v) is 6.94. The van der Waals surface area contributed by atoms with Crippen LogP contribution in [-0.2, 0) is 17.6 Å². The van der Waals surface area contributed by atoms with Crippen LogP contribution in [0.5, 0.6) is 5.75 Å². The Morgan fingerprint density at radius 2 is 1.78 bits per heavy atom. The molecule has 5 nitrogen and oxygen atoms in total. The normalized spacial score (nSPS) is 13.8. The van der Waals surface area contributed by atoms with Crippen LogP contribution in [0.2, 0.25) is 0 Å². The molecule has 1 aromatic heterocycles. The first kappa shape index (κ1) is 17.5. The van der Waals surface area contributed by atoms with E-state index in [1.807, 2.05) is 0 Å². The lowest BCUT2D eigenvalue weighted by Gasteiger charge is -2.17. The van der Waals surface area contributed by atoms with E-state index in [2.05, 4.69) is 26.8 Å². The number of imidazole rings is 1. The van der Waals surface area contributed by atoms with Crippen LogP contribution in [0.15, 0.2) is 24.3 Å². The van der Waals surface area contributed by atoms with Crippen molar-refractivity contribution in [3.63, 3.8) is 0 Å². The molecule has 7 heteroatoms. The lowest BCUT2D eigenvalue weighted by Crippen LogP contribution is -2.35. The van der Waals surface area contributed by atoms with Crippen molar-refractivity contribution in [2.45, 2.75) is 39.2 Å². The van der Waals surface area contributed by atoms with Gasteiger partial charge in [0.25, 0.3) is 0 Å². The van der Waals surface area contributed by atoms with Gasteiger partial charge in [0.2, 0.25) is 0 Å². The monoisotopic (exact) mass is 372 g/mol. The van der Waals surface area contributed by atoms with Gasteiger partial charge in [0.1, 0.15) is 11.6 Å². The van der Waals surface area contributed by atoms with E-state index < -0.39 is 12.1 Å². The third kappa shape index (κ3) is 3.03. The highest BCUT2D eigenvalue weighted by Gasteiger charge is 2.43. The van der Waals surface area contributed by atoms with Crippen LogP contribution >= 0.6 is 0 Å². The number of aromatic nitrogens is 2. The number of aliphatic carboxylic acids is 1. The number of carboxylic acid groups (broad SMARTS) is 1. The van der Waals surface area contributed by atoms with Crippen molar-refractivity contribution >= 4 is 17.0 Å². The highest BCUT2D eigenvalue weighted by Crippen LogP contribution is 2.34. The maximum Gasteiger partial charge on any atom is 0.501 e. The summed E-state index contributed by atoms with van der Waals surface area (Å²) >= 11 is 0. The Bertz CT molecular complexity index is 1010.